The normalized spacial score (nSPS) is 14.8. The highest BCUT2D eigenvalue weighted by molar-refractivity contribution is 9.10. The maximum Gasteiger partial charge on any atom is 0.240 e. The first kappa shape index (κ1) is 16.6. The Hall–Kier alpha value is -2.28. The first-order chi connectivity index (χ1) is 11.4. The van der Waals surface area contributed by atoms with Gasteiger partial charge in [0.05, 0.1) is 0 Å². The van der Waals surface area contributed by atoms with Gasteiger partial charge in [0.1, 0.15) is 5.41 Å². The molecule has 0 saturated heterocycles. The van der Waals surface area contributed by atoms with Crippen molar-refractivity contribution in [2.45, 2.75) is 12.8 Å². The number of carbonyl (C=O) groups excluding carboxylic acids is 2. The van der Waals surface area contributed by atoms with Crippen LogP contribution in [-0.4, -0.2) is 11.8 Å². The van der Waals surface area contributed by atoms with E-state index in [1.165, 1.54) is 6.07 Å². The quantitative estimate of drug-likeness (QED) is 0.767. The van der Waals surface area contributed by atoms with E-state index in [0.29, 0.717) is 18.5 Å². The number of halogens is 3. The summed E-state index contributed by atoms with van der Waals surface area (Å²) in [6, 6.07) is 10.0. The molecule has 2 amide bonds. The van der Waals surface area contributed by atoms with Gasteiger partial charge in [-0.2, -0.15) is 0 Å². The number of benzene rings is 2. The summed E-state index contributed by atoms with van der Waals surface area (Å²) < 4.78 is 27.0. The fourth-order valence-corrected chi connectivity index (χ4v) is 2.56. The Bertz CT molecular complexity index is 805. The maximum absolute atomic E-state index is 13.2. The molecule has 124 valence electrons. The summed E-state index contributed by atoms with van der Waals surface area (Å²) in [7, 11) is 0. The van der Waals surface area contributed by atoms with Gasteiger partial charge in [0.25, 0.3) is 0 Å². The average molecular weight is 395 g/mol. The lowest BCUT2D eigenvalue weighted by molar-refractivity contribution is -0.131. The van der Waals surface area contributed by atoms with Gasteiger partial charge in [-0.1, -0.05) is 15.9 Å². The molecule has 3 rings (SSSR count). The molecule has 2 aromatic rings. The van der Waals surface area contributed by atoms with E-state index in [-0.39, 0.29) is 5.69 Å². The van der Waals surface area contributed by atoms with Crippen LogP contribution in [0.15, 0.2) is 46.9 Å². The van der Waals surface area contributed by atoms with Crippen molar-refractivity contribution in [3.63, 3.8) is 0 Å². The zero-order chi connectivity index (χ0) is 17.3. The highest BCUT2D eigenvalue weighted by Crippen LogP contribution is 2.47. The largest absolute Gasteiger partial charge is 0.325 e. The molecule has 0 aliphatic heterocycles. The fraction of sp³-hybridized carbons (Fsp3) is 0.176. The van der Waals surface area contributed by atoms with Gasteiger partial charge in [-0.15, -0.1) is 0 Å². The first-order valence-corrected chi connectivity index (χ1v) is 8.03. The van der Waals surface area contributed by atoms with E-state index in [2.05, 4.69) is 26.6 Å². The predicted molar refractivity (Wildman–Crippen MR) is 89.4 cm³/mol. The highest BCUT2D eigenvalue weighted by atomic mass is 79.9. The fourth-order valence-electron chi connectivity index (χ4n) is 2.29. The number of hydrogen-bond donors (Lipinski definition) is 2. The number of hydrogen-bond acceptors (Lipinski definition) is 2. The third-order valence-electron chi connectivity index (χ3n) is 3.90. The van der Waals surface area contributed by atoms with Gasteiger partial charge in [-0.25, -0.2) is 8.78 Å². The summed E-state index contributed by atoms with van der Waals surface area (Å²) in [5.74, 6) is -2.99. The van der Waals surface area contributed by atoms with Crippen molar-refractivity contribution in [1.82, 2.24) is 0 Å². The lowest BCUT2D eigenvalue weighted by Gasteiger charge is -2.15. The molecule has 0 unspecified atom stereocenters. The topological polar surface area (TPSA) is 58.2 Å². The summed E-state index contributed by atoms with van der Waals surface area (Å²) >= 11 is 3.30. The molecule has 24 heavy (non-hydrogen) atoms. The van der Waals surface area contributed by atoms with Crippen molar-refractivity contribution < 1.29 is 18.4 Å². The summed E-state index contributed by atoms with van der Waals surface area (Å²) in [5.41, 5.74) is -0.477. The molecule has 1 aliphatic carbocycles. The number of nitrogens with one attached hydrogen (secondary N) is 2. The minimum atomic E-state index is -1.17. The Labute approximate surface area is 145 Å². The van der Waals surface area contributed by atoms with E-state index in [1.54, 1.807) is 24.3 Å². The van der Waals surface area contributed by atoms with Crippen molar-refractivity contribution in [3.05, 3.63) is 58.6 Å². The van der Waals surface area contributed by atoms with Gasteiger partial charge in [0.15, 0.2) is 11.6 Å². The monoisotopic (exact) mass is 394 g/mol. The van der Waals surface area contributed by atoms with Crippen LogP contribution in [0.25, 0.3) is 0 Å². The Balaban J connectivity index is 1.70. The molecule has 0 aromatic heterocycles. The van der Waals surface area contributed by atoms with Crippen LogP contribution < -0.4 is 10.6 Å². The van der Waals surface area contributed by atoms with Crippen LogP contribution >= 0.6 is 15.9 Å². The minimum Gasteiger partial charge on any atom is -0.325 e. The molecule has 7 heteroatoms. The van der Waals surface area contributed by atoms with Crippen molar-refractivity contribution in [3.8, 4) is 0 Å². The molecule has 4 nitrogen and oxygen atoms in total. The molecule has 1 saturated carbocycles. The van der Waals surface area contributed by atoms with Crippen LogP contribution in [0.4, 0.5) is 20.2 Å². The van der Waals surface area contributed by atoms with Crippen LogP contribution in [0.2, 0.25) is 0 Å². The summed E-state index contributed by atoms with van der Waals surface area (Å²) in [4.78, 5) is 24.8. The standard InChI is InChI=1S/C17H13BrF2N2O2/c18-10-1-3-11(4-2-10)21-15(23)17(7-8-17)16(24)22-12-5-6-13(19)14(20)9-12/h1-6,9H,7-8H2,(H,21,23)(H,22,24). The van der Waals surface area contributed by atoms with Gasteiger partial charge in [0.2, 0.25) is 11.8 Å². The molecule has 2 N–H and O–H groups in total. The molecule has 0 radical (unpaired) electrons. The van der Waals surface area contributed by atoms with Gasteiger partial charge in [0, 0.05) is 21.9 Å². The SMILES string of the molecule is O=C(Nc1ccc(Br)cc1)C1(C(=O)Nc2ccc(F)c(F)c2)CC1. The van der Waals surface area contributed by atoms with E-state index in [4.69, 9.17) is 0 Å². The van der Waals surface area contributed by atoms with E-state index in [1.807, 2.05) is 0 Å². The van der Waals surface area contributed by atoms with Gasteiger partial charge < -0.3 is 10.6 Å². The number of amides is 2. The smallest absolute Gasteiger partial charge is 0.240 e. The Morgan fingerprint density at radius 1 is 0.875 bits per heavy atom. The van der Waals surface area contributed by atoms with Crippen LogP contribution in [0.1, 0.15) is 12.8 Å². The van der Waals surface area contributed by atoms with Gasteiger partial charge >= 0.3 is 0 Å². The molecular formula is C17H13BrF2N2O2. The highest BCUT2D eigenvalue weighted by Gasteiger charge is 2.56. The van der Waals surface area contributed by atoms with E-state index in [9.17, 15) is 18.4 Å². The first-order valence-electron chi connectivity index (χ1n) is 7.24. The molecular weight excluding hydrogens is 382 g/mol. The Morgan fingerprint density at radius 2 is 1.42 bits per heavy atom. The zero-order valence-electron chi connectivity index (χ0n) is 12.4. The van der Waals surface area contributed by atoms with Crippen molar-refractivity contribution >= 4 is 39.1 Å². The number of anilines is 2. The van der Waals surface area contributed by atoms with Gasteiger partial charge in [-0.3, -0.25) is 9.59 Å². The second kappa shape index (κ2) is 6.32. The van der Waals surface area contributed by atoms with Crippen LogP contribution in [0.5, 0.6) is 0 Å². The third-order valence-corrected chi connectivity index (χ3v) is 4.43. The second-order valence-corrected chi connectivity index (χ2v) is 6.54. The van der Waals surface area contributed by atoms with Crippen molar-refractivity contribution in [2.24, 2.45) is 5.41 Å². The molecule has 2 aromatic carbocycles. The van der Waals surface area contributed by atoms with E-state index in [0.717, 1.165) is 16.6 Å². The molecule has 0 bridgehead atoms. The zero-order valence-corrected chi connectivity index (χ0v) is 14.0. The van der Waals surface area contributed by atoms with Gasteiger partial charge in [-0.05, 0) is 49.2 Å². The molecule has 0 spiro atoms. The van der Waals surface area contributed by atoms with E-state index >= 15 is 0 Å². The lowest BCUT2D eigenvalue weighted by atomic mass is 10.0. The summed E-state index contributed by atoms with van der Waals surface area (Å²) in [6.07, 6.45) is 0.815. The van der Waals surface area contributed by atoms with Crippen LogP contribution in [0, 0.1) is 17.0 Å². The molecule has 0 heterocycles. The molecule has 1 aliphatic rings. The number of carbonyl (C=O) groups is 2. The molecule has 1 fully saturated rings. The maximum atomic E-state index is 13.2. The van der Waals surface area contributed by atoms with Crippen molar-refractivity contribution in [2.75, 3.05) is 10.6 Å². The number of rotatable bonds is 4. The summed E-state index contributed by atoms with van der Waals surface area (Å²) in [6.45, 7) is 0. The third kappa shape index (κ3) is 3.31. The van der Waals surface area contributed by atoms with Crippen molar-refractivity contribution in [1.29, 1.82) is 0 Å². The van der Waals surface area contributed by atoms with Crippen LogP contribution in [0.3, 0.4) is 0 Å². The molecule has 0 atom stereocenters. The predicted octanol–water partition coefficient (Wildman–Crippen LogP) is 4.08. The average Bonchev–Trinajstić information content (AvgIpc) is 3.35. The van der Waals surface area contributed by atoms with Crippen LogP contribution in [-0.2, 0) is 9.59 Å². The Morgan fingerprint density at radius 3 is 1.96 bits per heavy atom. The second-order valence-electron chi connectivity index (χ2n) is 5.63. The lowest BCUT2D eigenvalue weighted by Crippen LogP contribution is -2.35. The Kier molecular flexibility index (Phi) is 4.36. The summed E-state index contributed by atoms with van der Waals surface area (Å²) in [5, 5.41) is 5.18. The van der Waals surface area contributed by atoms with E-state index < -0.39 is 28.9 Å². The minimum absolute atomic E-state index is 0.113.